The zero-order valence-corrected chi connectivity index (χ0v) is 9.21. The zero-order valence-electron chi connectivity index (χ0n) is 8.31. The van der Waals surface area contributed by atoms with E-state index in [4.69, 9.17) is 4.52 Å². The first-order chi connectivity index (χ1) is 6.90. The monoisotopic (exact) mass is 207 g/mol. The number of rotatable bonds is 1. The number of nitrogens with zero attached hydrogens (tertiary/aromatic N) is 1. The van der Waals surface area contributed by atoms with Gasteiger partial charge in [0.2, 0.25) is 0 Å². The average Bonchev–Trinajstić information content (AvgIpc) is 2.55. The molecule has 0 aromatic heterocycles. The molecule has 0 spiro atoms. The Hall–Kier alpha value is -0.590. The van der Waals surface area contributed by atoms with E-state index in [-0.39, 0.29) is 8.30 Å². The molecular weight excluding hydrogens is 193 g/mol. The van der Waals surface area contributed by atoms with Crippen molar-refractivity contribution >= 4 is 14.0 Å². The number of para-hydroxylation sites is 1. The molecule has 3 heteroatoms. The van der Waals surface area contributed by atoms with Crippen LogP contribution >= 0.6 is 8.30 Å². The highest BCUT2D eigenvalue weighted by atomic mass is 31.2. The van der Waals surface area contributed by atoms with Crippen LogP contribution in [0.5, 0.6) is 0 Å². The van der Waals surface area contributed by atoms with Crippen LogP contribution in [0, 0.1) is 0 Å². The molecule has 1 aromatic carbocycles. The van der Waals surface area contributed by atoms with Gasteiger partial charge in [0.15, 0.2) is 0 Å². The topological polar surface area (TPSA) is 12.5 Å². The van der Waals surface area contributed by atoms with Gasteiger partial charge in [-0.3, -0.25) is 0 Å². The molecule has 0 N–H and O–H groups in total. The van der Waals surface area contributed by atoms with Crippen molar-refractivity contribution in [1.29, 1.82) is 0 Å². The first kappa shape index (κ1) is 8.70. The second kappa shape index (κ2) is 3.22. The highest BCUT2D eigenvalue weighted by Gasteiger charge is 2.37. The molecule has 2 aliphatic heterocycles. The molecular formula is C11H14NOP. The maximum atomic E-state index is 5.89. The average molecular weight is 207 g/mol. The molecule has 2 aliphatic rings. The normalized spacial score (nSPS) is 29.1. The van der Waals surface area contributed by atoms with Crippen LogP contribution in [0.15, 0.2) is 24.3 Å². The van der Waals surface area contributed by atoms with Gasteiger partial charge in [0.25, 0.3) is 0 Å². The van der Waals surface area contributed by atoms with Crippen molar-refractivity contribution in [2.24, 2.45) is 0 Å². The van der Waals surface area contributed by atoms with Crippen LogP contribution in [0.3, 0.4) is 0 Å². The van der Waals surface area contributed by atoms with Gasteiger partial charge in [-0.1, -0.05) is 25.1 Å². The van der Waals surface area contributed by atoms with Gasteiger partial charge in [-0.05, 0) is 11.6 Å². The molecule has 0 radical (unpaired) electrons. The Balaban J connectivity index is 2.05. The van der Waals surface area contributed by atoms with Gasteiger partial charge in [0, 0.05) is 24.3 Å². The van der Waals surface area contributed by atoms with Crippen molar-refractivity contribution < 1.29 is 4.52 Å². The van der Waals surface area contributed by atoms with E-state index < -0.39 is 0 Å². The second-order valence-electron chi connectivity index (χ2n) is 3.80. The molecule has 2 atom stereocenters. The Morgan fingerprint density at radius 3 is 3.21 bits per heavy atom. The van der Waals surface area contributed by atoms with E-state index in [0.717, 1.165) is 12.8 Å². The van der Waals surface area contributed by atoms with Gasteiger partial charge >= 0.3 is 0 Å². The predicted molar refractivity (Wildman–Crippen MR) is 59.9 cm³/mol. The predicted octanol–water partition coefficient (Wildman–Crippen LogP) is 2.95. The third-order valence-corrected chi connectivity index (χ3v) is 4.92. The Morgan fingerprint density at radius 1 is 1.50 bits per heavy atom. The first-order valence-corrected chi connectivity index (χ1v) is 6.56. The number of hydrogen-bond donors (Lipinski definition) is 0. The van der Waals surface area contributed by atoms with Crippen LogP contribution in [-0.2, 0) is 4.52 Å². The van der Waals surface area contributed by atoms with Crippen LogP contribution in [0.1, 0.15) is 18.4 Å². The van der Waals surface area contributed by atoms with Gasteiger partial charge in [0.1, 0.15) is 8.30 Å². The van der Waals surface area contributed by atoms with E-state index in [1.807, 2.05) is 0 Å². The molecule has 2 heterocycles. The summed E-state index contributed by atoms with van der Waals surface area (Å²) in [5.74, 6) is 0.622. The summed E-state index contributed by atoms with van der Waals surface area (Å²) in [4.78, 5) is 0. The number of hydrogen-bond acceptors (Lipinski definition) is 2. The van der Waals surface area contributed by atoms with Crippen molar-refractivity contribution in [3.05, 3.63) is 29.8 Å². The summed E-state index contributed by atoms with van der Waals surface area (Å²) in [5.41, 5.74) is 2.91. The van der Waals surface area contributed by atoms with Crippen LogP contribution in [-0.4, -0.2) is 19.3 Å². The minimum atomic E-state index is -0.345. The summed E-state index contributed by atoms with van der Waals surface area (Å²) in [6.45, 7) is 4.32. The van der Waals surface area contributed by atoms with Gasteiger partial charge < -0.3 is 9.19 Å². The maximum absolute atomic E-state index is 5.89. The highest BCUT2D eigenvalue weighted by molar-refractivity contribution is 7.54. The first-order valence-electron chi connectivity index (χ1n) is 5.17. The van der Waals surface area contributed by atoms with E-state index in [1.54, 1.807) is 0 Å². The van der Waals surface area contributed by atoms with Crippen molar-refractivity contribution in [3.8, 4) is 0 Å². The van der Waals surface area contributed by atoms with E-state index >= 15 is 0 Å². The molecule has 0 aliphatic carbocycles. The molecule has 1 fully saturated rings. The van der Waals surface area contributed by atoms with E-state index in [2.05, 4.69) is 35.9 Å². The number of anilines is 1. The minimum absolute atomic E-state index is 0.345. The lowest BCUT2D eigenvalue weighted by molar-refractivity contribution is 0.308. The molecule has 3 rings (SSSR count). The summed E-state index contributed by atoms with van der Waals surface area (Å²) in [5, 5.41) is 0. The standard InChI is InChI=1S/C11H14NOP/c1-2-14-12-7-9(8-13-14)10-5-3-4-6-11(10)12/h3-6,9H,2,7-8H2,1H3/t9-,14?/m1/s1. The molecule has 1 unspecified atom stereocenters. The SMILES string of the molecule is CCP1OC[C@H]2CN1c1ccccc12. The molecule has 74 valence electrons. The molecule has 14 heavy (non-hydrogen) atoms. The fraction of sp³-hybridized carbons (Fsp3) is 0.455. The number of benzene rings is 1. The molecule has 1 aromatic rings. The van der Waals surface area contributed by atoms with Crippen LogP contribution < -0.4 is 4.67 Å². The third-order valence-electron chi connectivity index (χ3n) is 3.01. The molecule has 0 saturated carbocycles. The Morgan fingerprint density at radius 2 is 2.36 bits per heavy atom. The summed E-state index contributed by atoms with van der Waals surface area (Å²) in [6, 6.07) is 8.74. The number of fused-ring (bicyclic) bond motifs is 5. The lowest BCUT2D eigenvalue weighted by Crippen LogP contribution is -2.25. The smallest absolute Gasteiger partial charge is 0.132 e. The van der Waals surface area contributed by atoms with Crippen molar-refractivity contribution in [3.63, 3.8) is 0 Å². The highest BCUT2D eigenvalue weighted by Crippen LogP contribution is 2.55. The summed E-state index contributed by atoms with van der Waals surface area (Å²) in [6.07, 6.45) is 1.14. The Bertz CT molecular complexity index is 355. The molecule has 2 nitrogen and oxygen atoms in total. The summed E-state index contributed by atoms with van der Waals surface area (Å²) >= 11 is 0. The molecule has 2 bridgehead atoms. The van der Waals surface area contributed by atoms with Gasteiger partial charge in [-0.2, -0.15) is 0 Å². The lowest BCUT2D eigenvalue weighted by Gasteiger charge is -2.32. The fourth-order valence-corrected chi connectivity index (χ4v) is 4.15. The van der Waals surface area contributed by atoms with Crippen LogP contribution in [0.2, 0.25) is 0 Å². The third kappa shape index (κ3) is 1.11. The molecule has 0 amide bonds. The Labute approximate surface area is 85.8 Å². The Kier molecular flexibility index (Phi) is 2.00. The molecule has 1 saturated heterocycles. The fourth-order valence-electron chi connectivity index (χ4n) is 2.33. The van der Waals surface area contributed by atoms with Crippen molar-refractivity contribution in [1.82, 2.24) is 0 Å². The van der Waals surface area contributed by atoms with Gasteiger partial charge in [-0.15, -0.1) is 0 Å². The second-order valence-corrected chi connectivity index (χ2v) is 5.88. The lowest BCUT2D eigenvalue weighted by atomic mass is 10.0. The summed E-state index contributed by atoms with van der Waals surface area (Å²) in [7, 11) is -0.345. The quantitative estimate of drug-likeness (QED) is 0.656. The van der Waals surface area contributed by atoms with E-state index in [9.17, 15) is 0 Å². The van der Waals surface area contributed by atoms with E-state index in [0.29, 0.717) is 5.92 Å². The minimum Gasteiger partial charge on any atom is -0.338 e. The van der Waals surface area contributed by atoms with Crippen molar-refractivity contribution in [2.75, 3.05) is 24.0 Å². The summed E-state index contributed by atoms with van der Waals surface area (Å²) < 4.78 is 8.36. The van der Waals surface area contributed by atoms with Crippen molar-refractivity contribution in [2.45, 2.75) is 12.8 Å². The van der Waals surface area contributed by atoms with Gasteiger partial charge in [0.05, 0.1) is 6.61 Å². The van der Waals surface area contributed by atoms with E-state index in [1.165, 1.54) is 17.8 Å². The van der Waals surface area contributed by atoms with Crippen LogP contribution in [0.4, 0.5) is 5.69 Å². The largest absolute Gasteiger partial charge is 0.338 e. The zero-order chi connectivity index (χ0) is 9.54. The maximum Gasteiger partial charge on any atom is 0.132 e. The van der Waals surface area contributed by atoms with Gasteiger partial charge in [-0.25, -0.2) is 0 Å². The van der Waals surface area contributed by atoms with Crippen LogP contribution in [0.25, 0.3) is 0 Å².